The molecule has 2 aliphatic rings. The minimum absolute atomic E-state index is 0.0942. The Morgan fingerprint density at radius 1 is 1.21 bits per heavy atom. The maximum absolute atomic E-state index is 13.2. The molecule has 0 radical (unpaired) electrons. The fourth-order valence-electron chi connectivity index (χ4n) is 3.47. The van der Waals surface area contributed by atoms with Crippen LogP contribution in [0.2, 0.25) is 0 Å². The average molecular weight is 483 g/mol. The normalized spacial score (nSPS) is 19.3. The van der Waals surface area contributed by atoms with Crippen molar-refractivity contribution in [2.75, 3.05) is 37.8 Å². The smallest absolute Gasteiger partial charge is 0.250 e. The number of nitriles is 1. The Labute approximate surface area is 179 Å². The number of likely N-dealkylation sites (tertiary alicyclic amines) is 1. The highest BCUT2D eigenvalue weighted by molar-refractivity contribution is 9.10. The van der Waals surface area contributed by atoms with Gasteiger partial charge in [0.15, 0.2) is 15.6 Å². The van der Waals surface area contributed by atoms with E-state index in [0.29, 0.717) is 39.1 Å². The van der Waals surface area contributed by atoms with Crippen molar-refractivity contribution in [1.29, 1.82) is 5.26 Å². The SMILES string of the molecule is N#CCCS(=O)(=O)C/C(=C\c1ccc(Br)cc1)C(=O)N1CCC2(CC1)OCCO2. The van der Waals surface area contributed by atoms with Crippen LogP contribution in [0.3, 0.4) is 0 Å². The van der Waals surface area contributed by atoms with Crippen LogP contribution in [0.25, 0.3) is 6.08 Å². The molecule has 1 aromatic rings. The van der Waals surface area contributed by atoms with Crippen molar-refractivity contribution in [2.24, 2.45) is 0 Å². The average Bonchev–Trinajstić information content (AvgIpc) is 3.15. The monoisotopic (exact) mass is 482 g/mol. The second kappa shape index (κ2) is 9.39. The van der Waals surface area contributed by atoms with Gasteiger partial charge in [-0.2, -0.15) is 5.26 Å². The molecule has 0 aliphatic carbocycles. The molecular weight excluding hydrogens is 460 g/mol. The summed E-state index contributed by atoms with van der Waals surface area (Å²) < 4.78 is 37.1. The molecule has 0 saturated carbocycles. The Hall–Kier alpha value is -1.73. The van der Waals surface area contributed by atoms with E-state index in [9.17, 15) is 13.2 Å². The van der Waals surface area contributed by atoms with Crippen molar-refractivity contribution in [1.82, 2.24) is 4.90 Å². The van der Waals surface area contributed by atoms with Crippen LogP contribution < -0.4 is 0 Å². The number of amides is 1. The summed E-state index contributed by atoms with van der Waals surface area (Å²) in [6.07, 6.45) is 2.64. The van der Waals surface area contributed by atoms with Gasteiger partial charge in [0.25, 0.3) is 5.91 Å². The Morgan fingerprint density at radius 3 is 2.41 bits per heavy atom. The van der Waals surface area contributed by atoms with E-state index < -0.39 is 21.4 Å². The molecule has 156 valence electrons. The summed E-state index contributed by atoms with van der Waals surface area (Å²) in [4.78, 5) is 14.8. The lowest BCUT2D eigenvalue weighted by Crippen LogP contribution is -2.48. The van der Waals surface area contributed by atoms with Gasteiger partial charge in [-0.05, 0) is 23.8 Å². The number of hydrogen-bond donors (Lipinski definition) is 0. The lowest BCUT2D eigenvalue weighted by molar-refractivity contribution is -0.186. The molecule has 0 N–H and O–H groups in total. The van der Waals surface area contributed by atoms with E-state index in [1.165, 1.54) is 0 Å². The molecule has 0 aromatic heterocycles. The lowest BCUT2D eigenvalue weighted by atomic mass is 10.0. The first-order chi connectivity index (χ1) is 13.8. The van der Waals surface area contributed by atoms with Gasteiger partial charge in [0.05, 0.1) is 30.8 Å². The van der Waals surface area contributed by atoms with Crippen LogP contribution in [0, 0.1) is 11.3 Å². The third-order valence-corrected chi connectivity index (χ3v) is 7.12. The molecule has 2 saturated heterocycles. The van der Waals surface area contributed by atoms with E-state index >= 15 is 0 Å². The second-order valence-corrected chi connectivity index (χ2v) is 10.2. The zero-order valence-electron chi connectivity index (χ0n) is 16.0. The fraction of sp³-hybridized carbons (Fsp3) is 0.500. The van der Waals surface area contributed by atoms with E-state index in [0.717, 1.165) is 10.0 Å². The van der Waals surface area contributed by atoms with Crippen molar-refractivity contribution in [3.63, 3.8) is 0 Å². The number of ether oxygens (including phenoxy) is 2. The third kappa shape index (κ3) is 5.89. The molecule has 2 heterocycles. The molecule has 9 heteroatoms. The van der Waals surface area contributed by atoms with Crippen LogP contribution in [-0.2, 0) is 24.1 Å². The summed E-state index contributed by atoms with van der Waals surface area (Å²) in [7, 11) is -3.57. The predicted molar refractivity (Wildman–Crippen MR) is 111 cm³/mol. The topological polar surface area (TPSA) is 96.7 Å². The van der Waals surface area contributed by atoms with Crippen molar-refractivity contribution >= 4 is 37.8 Å². The number of benzene rings is 1. The van der Waals surface area contributed by atoms with Crippen LogP contribution in [-0.4, -0.2) is 62.8 Å². The van der Waals surface area contributed by atoms with E-state index in [1.807, 2.05) is 30.3 Å². The summed E-state index contributed by atoms with van der Waals surface area (Å²) in [5, 5.41) is 8.71. The summed E-state index contributed by atoms with van der Waals surface area (Å²) in [5.41, 5.74) is 0.942. The van der Waals surface area contributed by atoms with Gasteiger partial charge in [-0.1, -0.05) is 28.1 Å². The minimum Gasteiger partial charge on any atom is -0.347 e. The lowest BCUT2D eigenvalue weighted by Gasteiger charge is -2.37. The van der Waals surface area contributed by atoms with Gasteiger partial charge >= 0.3 is 0 Å². The zero-order valence-corrected chi connectivity index (χ0v) is 18.4. The number of sulfone groups is 1. The Balaban J connectivity index is 1.79. The van der Waals surface area contributed by atoms with Gasteiger partial charge in [-0.3, -0.25) is 4.79 Å². The van der Waals surface area contributed by atoms with Crippen molar-refractivity contribution < 1.29 is 22.7 Å². The van der Waals surface area contributed by atoms with Crippen LogP contribution >= 0.6 is 15.9 Å². The Morgan fingerprint density at radius 2 is 1.83 bits per heavy atom. The molecule has 3 rings (SSSR count). The van der Waals surface area contributed by atoms with Crippen LogP contribution in [0.15, 0.2) is 34.3 Å². The molecule has 1 aromatic carbocycles. The predicted octanol–water partition coefficient (Wildman–Crippen LogP) is 2.53. The first-order valence-electron chi connectivity index (χ1n) is 9.43. The molecule has 2 fully saturated rings. The Bertz CT molecular complexity index is 905. The van der Waals surface area contributed by atoms with E-state index in [2.05, 4.69) is 15.9 Å². The quantitative estimate of drug-likeness (QED) is 0.577. The van der Waals surface area contributed by atoms with Crippen LogP contribution in [0.1, 0.15) is 24.8 Å². The highest BCUT2D eigenvalue weighted by Crippen LogP contribution is 2.32. The van der Waals surface area contributed by atoms with Gasteiger partial charge in [0, 0.05) is 42.4 Å². The van der Waals surface area contributed by atoms with Gasteiger partial charge in [-0.25, -0.2) is 8.42 Å². The maximum atomic E-state index is 13.2. The standard InChI is InChI=1S/C20H23BrN2O5S/c21-18-4-2-16(3-5-18)14-17(15-29(25,26)13-1-8-22)19(24)23-9-6-20(7-10-23)27-11-12-28-20/h2-5,14H,1,6-7,9-13,15H2/b17-14+. The van der Waals surface area contributed by atoms with E-state index in [4.69, 9.17) is 14.7 Å². The largest absolute Gasteiger partial charge is 0.347 e. The number of nitrogens with zero attached hydrogens (tertiary/aromatic N) is 2. The first-order valence-corrected chi connectivity index (χ1v) is 12.0. The van der Waals surface area contributed by atoms with Crippen LogP contribution in [0.4, 0.5) is 0 Å². The zero-order chi connectivity index (χ0) is 20.9. The number of carbonyl (C=O) groups is 1. The summed E-state index contributed by atoms with van der Waals surface area (Å²) >= 11 is 3.36. The molecule has 7 nitrogen and oxygen atoms in total. The number of carbonyl (C=O) groups excluding carboxylic acids is 1. The van der Waals surface area contributed by atoms with Gasteiger partial charge in [0.1, 0.15) is 0 Å². The number of halogens is 1. The second-order valence-electron chi connectivity index (χ2n) is 7.12. The molecule has 0 unspecified atom stereocenters. The highest BCUT2D eigenvalue weighted by Gasteiger charge is 2.41. The third-order valence-electron chi connectivity index (χ3n) is 5.01. The first kappa shape index (κ1) is 22.0. The van der Waals surface area contributed by atoms with E-state index in [-0.39, 0.29) is 23.7 Å². The number of piperidine rings is 1. The molecule has 1 amide bonds. The fourth-order valence-corrected chi connectivity index (χ4v) is 4.97. The maximum Gasteiger partial charge on any atom is 0.250 e. The van der Waals surface area contributed by atoms with Gasteiger partial charge in [0.2, 0.25) is 0 Å². The van der Waals surface area contributed by atoms with Crippen molar-refractivity contribution in [2.45, 2.75) is 25.0 Å². The minimum atomic E-state index is -3.57. The van der Waals surface area contributed by atoms with E-state index in [1.54, 1.807) is 11.0 Å². The molecular formula is C20H23BrN2O5S. The molecule has 0 bridgehead atoms. The summed E-state index contributed by atoms with van der Waals surface area (Å²) in [6.45, 7) is 1.99. The van der Waals surface area contributed by atoms with Crippen molar-refractivity contribution in [3.05, 3.63) is 39.9 Å². The van der Waals surface area contributed by atoms with Crippen molar-refractivity contribution in [3.8, 4) is 6.07 Å². The molecule has 29 heavy (non-hydrogen) atoms. The molecule has 1 spiro atoms. The van der Waals surface area contributed by atoms with Crippen LogP contribution in [0.5, 0.6) is 0 Å². The number of hydrogen-bond acceptors (Lipinski definition) is 6. The van der Waals surface area contributed by atoms with Gasteiger partial charge < -0.3 is 14.4 Å². The number of rotatable bonds is 6. The Kier molecular flexibility index (Phi) is 7.11. The molecule has 2 aliphatic heterocycles. The summed E-state index contributed by atoms with van der Waals surface area (Å²) in [5.74, 6) is -1.57. The molecule has 0 atom stereocenters. The summed E-state index contributed by atoms with van der Waals surface area (Å²) in [6, 6.07) is 9.13. The highest BCUT2D eigenvalue weighted by atomic mass is 79.9. The van der Waals surface area contributed by atoms with Gasteiger partial charge in [-0.15, -0.1) is 0 Å².